The third-order valence-corrected chi connectivity index (χ3v) is 8.69. The first-order valence-electron chi connectivity index (χ1n) is 15.7. The summed E-state index contributed by atoms with van der Waals surface area (Å²) in [5.74, 6) is 1.66. The van der Waals surface area contributed by atoms with Crippen LogP contribution in [0.25, 0.3) is 5.65 Å². The molecule has 11 nitrogen and oxygen atoms in total. The third kappa shape index (κ3) is 8.55. The van der Waals surface area contributed by atoms with E-state index in [4.69, 9.17) is 4.74 Å². The van der Waals surface area contributed by atoms with Gasteiger partial charge in [0.1, 0.15) is 17.7 Å². The van der Waals surface area contributed by atoms with Gasteiger partial charge in [0.15, 0.2) is 5.65 Å². The number of urea groups is 1. The summed E-state index contributed by atoms with van der Waals surface area (Å²) in [6.45, 7) is 7.14. The second-order valence-electron chi connectivity index (χ2n) is 13.4. The van der Waals surface area contributed by atoms with Crippen LogP contribution in [0.15, 0.2) is 60.8 Å². The summed E-state index contributed by atoms with van der Waals surface area (Å²) in [7, 11) is 0.677. The number of anilines is 2. The number of hydrogen-bond donors (Lipinski definition) is 3. The molecule has 246 valence electrons. The van der Waals surface area contributed by atoms with Gasteiger partial charge >= 0.3 is 6.03 Å². The number of carbonyl (C=O) groups excluding carboxylic acids is 1. The molecular formula is C34H45N7O4S. The number of pyridine rings is 1. The van der Waals surface area contributed by atoms with Crippen LogP contribution in [0, 0.1) is 0 Å². The van der Waals surface area contributed by atoms with Gasteiger partial charge in [-0.1, -0.05) is 45.0 Å². The van der Waals surface area contributed by atoms with E-state index >= 15 is 0 Å². The van der Waals surface area contributed by atoms with Crippen molar-refractivity contribution in [3.63, 3.8) is 0 Å². The quantitative estimate of drug-likeness (QED) is 0.169. The van der Waals surface area contributed by atoms with E-state index in [0.29, 0.717) is 24.2 Å². The second kappa shape index (κ2) is 13.7. The van der Waals surface area contributed by atoms with E-state index in [1.165, 1.54) is 0 Å². The Morgan fingerprint density at radius 1 is 1.00 bits per heavy atom. The molecule has 0 unspecified atom stereocenters. The van der Waals surface area contributed by atoms with Gasteiger partial charge in [0, 0.05) is 12.1 Å². The maximum atomic E-state index is 13.3. The smallest absolute Gasteiger partial charge is 0.319 e. The number of benzene rings is 2. The lowest BCUT2D eigenvalue weighted by Gasteiger charge is -2.32. The Kier molecular flexibility index (Phi) is 9.88. The molecule has 0 spiro atoms. The summed E-state index contributed by atoms with van der Waals surface area (Å²) >= 11 is 0. The highest BCUT2D eigenvalue weighted by molar-refractivity contribution is 7.92. The first kappa shape index (κ1) is 33.2. The number of unbranched alkanes of at least 4 members (excludes halogenated alkanes) is 1. The van der Waals surface area contributed by atoms with Crippen LogP contribution in [-0.4, -0.2) is 60.8 Å². The van der Waals surface area contributed by atoms with Crippen LogP contribution < -0.4 is 20.1 Å². The van der Waals surface area contributed by atoms with Gasteiger partial charge in [0.05, 0.1) is 24.2 Å². The van der Waals surface area contributed by atoms with Crippen molar-refractivity contribution in [2.24, 2.45) is 0 Å². The number of carbonyl (C=O) groups is 1. The fourth-order valence-corrected chi connectivity index (χ4v) is 6.33. The number of rotatable bonds is 11. The number of amides is 2. The van der Waals surface area contributed by atoms with Crippen molar-refractivity contribution in [2.75, 3.05) is 36.9 Å². The van der Waals surface area contributed by atoms with E-state index in [1.807, 2.05) is 67.8 Å². The molecule has 46 heavy (non-hydrogen) atoms. The third-order valence-electron chi connectivity index (χ3n) is 8.08. The Balaban J connectivity index is 1.28. The monoisotopic (exact) mass is 647 g/mol. The number of aromatic nitrogens is 3. The van der Waals surface area contributed by atoms with Crippen LogP contribution >= 0.6 is 0 Å². The van der Waals surface area contributed by atoms with Crippen LogP contribution in [0.1, 0.15) is 81.1 Å². The Morgan fingerprint density at radius 3 is 2.46 bits per heavy atom. The zero-order valence-electron chi connectivity index (χ0n) is 27.5. The largest absolute Gasteiger partial charge is 0.484 e. The van der Waals surface area contributed by atoms with Gasteiger partial charge in [-0.15, -0.1) is 10.2 Å². The average molecular weight is 648 g/mol. The Labute approximate surface area is 271 Å². The minimum Gasteiger partial charge on any atom is -0.484 e. The number of fused-ring (bicyclic) bond motifs is 2. The van der Waals surface area contributed by atoms with Gasteiger partial charge in [0.2, 0.25) is 10.0 Å². The zero-order chi connectivity index (χ0) is 33.1. The molecule has 2 atom stereocenters. The molecule has 0 aliphatic heterocycles. The standard InChI is InChI=1S/C34H45N7O4S/c1-34(2,3)23-19-24(21-25(20-23)39-46(6,43)44)35-33(42)36-29-15-16-30(28-12-8-7-11-27(28)29)45-26-14-17-32-38-37-31(41(32)22-26)13-9-10-18-40(4)5/h7-8,11-12,14,17,19-22,29-30,39H,9-10,13,15-16,18H2,1-6H3,(H2,35,36,42)/t29-,30+/m0/s1. The maximum Gasteiger partial charge on any atom is 0.319 e. The van der Waals surface area contributed by atoms with E-state index in [-0.39, 0.29) is 23.6 Å². The second-order valence-corrected chi connectivity index (χ2v) is 15.1. The van der Waals surface area contributed by atoms with Gasteiger partial charge in [-0.3, -0.25) is 9.12 Å². The summed E-state index contributed by atoms with van der Waals surface area (Å²) in [6, 6.07) is 16.6. The zero-order valence-corrected chi connectivity index (χ0v) is 28.3. The van der Waals surface area contributed by atoms with Gasteiger partial charge in [-0.2, -0.15) is 0 Å². The highest BCUT2D eigenvalue weighted by atomic mass is 32.2. The van der Waals surface area contributed by atoms with E-state index in [2.05, 4.69) is 50.6 Å². The topological polar surface area (TPSA) is 130 Å². The van der Waals surface area contributed by atoms with Crippen LogP contribution in [-0.2, 0) is 21.9 Å². The fourth-order valence-electron chi connectivity index (χ4n) is 5.79. The number of sulfonamides is 1. The molecule has 5 rings (SSSR count). The number of nitrogens with one attached hydrogen (secondary N) is 3. The molecule has 12 heteroatoms. The number of aryl methyl sites for hydroxylation is 1. The van der Waals surface area contributed by atoms with Gasteiger partial charge in [-0.05, 0) is 98.8 Å². The van der Waals surface area contributed by atoms with Crippen LogP contribution in [0.5, 0.6) is 5.75 Å². The van der Waals surface area contributed by atoms with Crippen molar-refractivity contribution in [1.29, 1.82) is 0 Å². The van der Waals surface area contributed by atoms with Crippen molar-refractivity contribution >= 4 is 33.1 Å². The average Bonchev–Trinajstić information content (AvgIpc) is 3.37. The van der Waals surface area contributed by atoms with Crippen molar-refractivity contribution in [3.05, 3.63) is 83.3 Å². The summed E-state index contributed by atoms with van der Waals surface area (Å²) in [6.07, 6.45) is 7.25. The van der Waals surface area contributed by atoms with E-state index in [0.717, 1.165) is 66.0 Å². The molecule has 1 aliphatic carbocycles. The first-order chi connectivity index (χ1) is 21.7. The number of hydrogen-bond acceptors (Lipinski definition) is 7. The maximum absolute atomic E-state index is 13.3. The molecule has 1 aliphatic rings. The molecular weight excluding hydrogens is 602 g/mol. The van der Waals surface area contributed by atoms with Crippen molar-refractivity contribution in [1.82, 2.24) is 24.8 Å². The lowest BCUT2D eigenvalue weighted by Crippen LogP contribution is -2.35. The first-order valence-corrected chi connectivity index (χ1v) is 17.6. The van der Waals surface area contributed by atoms with Crippen molar-refractivity contribution in [3.8, 4) is 5.75 Å². The van der Waals surface area contributed by atoms with Crippen LogP contribution in [0.4, 0.5) is 16.2 Å². The van der Waals surface area contributed by atoms with E-state index in [9.17, 15) is 13.2 Å². The normalized spacial score (nSPS) is 16.7. The number of nitrogens with zero attached hydrogens (tertiary/aromatic N) is 4. The summed E-state index contributed by atoms with van der Waals surface area (Å²) < 4.78 is 34.9. The molecule has 0 radical (unpaired) electrons. The molecule has 3 N–H and O–H groups in total. The van der Waals surface area contributed by atoms with Crippen LogP contribution in [0.2, 0.25) is 0 Å². The molecule has 0 fully saturated rings. The molecule has 2 heterocycles. The van der Waals surface area contributed by atoms with Gasteiger partial charge < -0.3 is 20.3 Å². The highest BCUT2D eigenvalue weighted by Gasteiger charge is 2.30. The van der Waals surface area contributed by atoms with Gasteiger partial charge in [-0.25, -0.2) is 13.2 Å². The Bertz CT molecular complexity index is 1800. The summed E-state index contributed by atoms with van der Waals surface area (Å²) in [5, 5.41) is 14.8. The summed E-state index contributed by atoms with van der Waals surface area (Å²) in [5.41, 5.74) is 4.36. The highest BCUT2D eigenvalue weighted by Crippen LogP contribution is 2.39. The lowest BCUT2D eigenvalue weighted by atomic mass is 9.85. The Hall–Kier alpha value is -4.16. The lowest BCUT2D eigenvalue weighted by molar-refractivity contribution is 0.171. The number of ether oxygens (including phenoxy) is 1. The molecule has 0 saturated heterocycles. The van der Waals surface area contributed by atoms with E-state index < -0.39 is 10.0 Å². The minimum absolute atomic E-state index is 0.178. The van der Waals surface area contributed by atoms with E-state index in [1.54, 1.807) is 12.1 Å². The van der Waals surface area contributed by atoms with Crippen molar-refractivity contribution in [2.45, 2.75) is 70.4 Å². The van der Waals surface area contributed by atoms with Crippen LogP contribution in [0.3, 0.4) is 0 Å². The molecule has 0 saturated carbocycles. The molecule has 2 amide bonds. The molecule has 0 bridgehead atoms. The Morgan fingerprint density at radius 2 is 1.74 bits per heavy atom. The SMILES string of the molecule is CN(C)CCCCc1nnc2ccc(O[C@@H]3CC[C@H](NC(=O)Nc4cc(NS(C)(=O)=O)cc(C(C)(C)C)c4)c4ccccc43)cn12. The van der Waals surface area contributed by atoms with Gasteiger partial charge in [0.25, 0.3) is 0 Å². The van der Waals surface area contributed by atoms with Crippen molar-refractivity contribution < 1.29 is 17.9 Å². The predicted molar refractivity (Wildman–Crippen MR) is 182 cm³/mol. The molecule has 2 aromatic carbocycles. The predicted octanol–water partition coefficient (Wildman–Crippen LogP) is 6.06. The minimum atomic E-state index is -3.49. The fraction of sp³-hybridized carbons (Fsp3) is 0.441. The molecule has 4 aromatic rings. The summed E-state index contributed by atoms with van der Waals surface area (Å²) in [4.78, 5) is 15.5. The molecule has 2 aromatic heterocycles.